The third kappa shape index (κ3) is 7.15. The average molecular weight is 410 g/mol. The summed E-state index contributed by atoms with van der Waals surface area (Å²) in [5, 5.41) is 3.26. The van der Waals surface area contributed by atoms with Gasteiger partial charge < -0.3 is 10.1 Å². The minimum Gasteiger partial charge on any atom is -0.494 e. The Morgan fingerprint density at radius 3 is 2.40 bits per heavy atom. The van der Waals surface area contributed by atoms with Gasteiger partial charge in [0.1, 0.15) is 5.75 Å². The quantitative estimate of drug-likeness (QED) is 0.610. The second-order valence-electron chi connectivity index (χ2n) is 8.22. The van der Waals surface area contributed by atoms with Crippen LogP contribution in [-0.2, 0) is 11.3 Å². The summed E-state index contributed by atoms with van der Waals surface area (Å²) in [7, 11) is 2.01. The van der Waals surface area contributed by atoms with E-state index in [1.165, 1.54) is 5.56 Å². The van der Waals surface area contributed by atoms with Crippen LogP contribution in [0.1, 0.15) is 31.7 Å². The Balaban J connectivity index is 1.32. The number of likely N-dealkylation sites (tertiary alicyclic amines) is 1. The molecule has 0 aliphatic carbocycles. The fourth-order valence-electron chi connectivity index (χ4n) is 3.81. The second-order valence-corrected chi connectivity index (χ2v) is 8.22. The lowest BCUT2D eigenvalue weighted by molar-refractivity contribution is -0.126. The summed E-state index contributed by atoms with van der Waals surface area (Å²) in [6.07, 6.45) is 2.92. The topological polar surface area (TPSA) is 44.8 Å². The van der Waals surface area contributed by atoms with Gasteiger partial charge in [0.25, 0.3) is 0 Å². The first-order chi connectivity index (χ1) is 14.6. The molecule has 1 atom stereocenters. The highest BCUT2D eigenvalue weighted by Crippen LogP contribution is 2.14. The van der Waals surface area contributed by atoms with Gasteiger partial charge in [-0.05, 0) is 50.9 Å². The van der Waals surface area contributed by atoms with Crippen LogP contribution in [0.2, 0.25) is 0 Å². The van der Waals surface area contributed by atoms with Gasteiger partial charge in [-0.25, -0.2) is 0 Å². The summed E-state index contributed by atoms with van der Waals surface area (Å²) in [6, 6.07) is 20.6. The van der Waals surface area contributed by atoms with E-state index in [1.54, 1.807) is 0 Å². The fraction of sp³-hybridized carbons (Fsp3) is 0.480. The minimum absolute atomic E-state index is 0.128. The minimum atomic E-state index is -0.135. The standard InChI is InChI=1S/C25H35N3O2/c1-21(27(2)16-9-19-30-24-12-7-4-8-13-24)25(29)26-23-14-17-28(18-15-23)20-22-10-5-3-6-11-22/h3-8,10-13,21,23H,9,14-20H2,1-2H3,(H,26,29). The molecule has 0 bridgehead atoms. The van der Waals surface area contributed by atoms with Crippen molar-refractivity contribution in [3.8, 4) is 5.75 Å². The molecule has 2 aromatic rings. The molecule has 0 radical (unpaired) electrons. The zero-order chi connectivity index (χ0) is 21.2. The number of piperidine rings is 1. The monoisotopic (exact) mass is 409 g/mol. The van der Waals surface area contributed by atoms with E-state index in [0.717, 1.165) is 51.2 Å². The van der Waals surface area contributed by atoms with Crippen molar-refractivity contribution < 1.29 is 9.53 Å². The first-order valence-corrected chi connectivity index (χ1v) is 11.1. The summed E-state index contributed by atoms with van der Waals surface area (Å²) in [5.74, 6) is 1.02. The molecule has 5 heteroatoms. The highest BCUT2D eigenvalue weighted by atomic mass is 16.5. The zero-order valence-corrected chi connectivity index (χ0v) is 18.3. The van der Waals surface area contributed by atoms with Crippen LogP contribution < -0.4 is 10.1 Å². The molecule has 2 aromatic carbocycles. The van der Waals surface area contributed by atoms with Crippen molar-refractivity contribution in [2.24, 2.45) is 0 Å². The van der Waals surface area contributed by atoms with Gasteiger partial charge in [0.05, 0.1) is 12.6 Å². The molecule has 0 saturated carbocycles. The average Bonchev–Trinajstić information content (AvgIpc) is 2.78. The van der Waals surface area contributed by atoms with Gasteiger partial charge in [-0.1, -0.05) is 48.5 Å². The van der Waals surface area contributed by atoms with Crippen molar-refractivity contribution in [2.75, 3.05) is 33.3 Å². The van der Waals surface area contributed by atoms with Gasteiger partial charge in [-0.15, -0.1) is 0 Å². The molecule has 1 fully saturated rings. The number of ether oxygens (including phenoxy) is 1. The van der Waals surface area contributed by atoms with Crippen LogP contribution in [0.3, 0.4) is 0 Å². The van der Waals surface area contributed by atoms with Crippen LogP contribution in [-0.4, -0.2) is 61.1 Å². The van der Waals surface area contributed by atoms with Crippen LogP contribution in [0.15, 0.2) is 60.7 Å². The molecule has 1 amide bonds. The second kappa shape index (κ2) is 11.7. The summed E-state index contributed by atoms with van der Waals surface area (Å²) >= 11 is 0. The van der Waals surface area contributed by atoms with E-state index < -0.39 is 0 Å². The Kier molecular flexibility index (Phi) is 8.72. The Morgan fingerprint density at radius 2 is 1.73 bits per heavy atom. The van der Waals surface area contributed by atoms with Crippen LogP contribution in [0.5, 0.6) is 5.75 Å². The lowest BCUT2D eigenvalue weighted by Gasteiger charge is -2.33. The van der Waals surface area contributed by atoms with Crippen molar-refractivity contribution in [2.45, 2.75) is 44.8 Å². The third-order valence-corrected chi connectivity index (χ3v) is 5.89. The first-order valence-electron chi connectivity index (χ1n) is 11.1. The van der Waals surface area contributed by atoms with Gasteiger partial charge in [0.15, 0.2) is 0 Å². The van der Waals surface area contributed by atoms with E-state index in [9.17, 15) is 4.79 Å². The first kappa shape index (κ1) is 22.3. The molecule has 1 aliphatic rings. The van der Waals surface area contributed by atoms with Crippen molar-refractivity contribution in [1.29, 1.82) is 0 Å². The van der Waals surface area contributed by atoms with Crippen LogP contribution in [0.25, 0.3) is 0 Å². The Hall–Kier alpha value is -2.37. The molecule has 1 heterocycles. The highest BCUT2D eigenvalue weighted by molar-refractivity contribution is 5.81. The maximum Gasteiger partial charge on any atom is 0.237 e. The SMILES string of the molecule is CC(C(=O)NC1CCN(Cc2ccccc2)CC1)N(C)CCCOc1ccccc1. The van der Waals surface area contributed by atoms with E-state index in [-0.39, 0.29) is 18.0 Å². The predicted molar refractivity (Wildman–Crippen MR) is 122 cm³/mol. The molecule has 30 heavy (non-hydrogen) atoms. The highest BCUT2D eigenvalue weighted by Gasteiger charge is 2.24. The predicted octanol–water partition coefficient (Wildman–Crippen LogP) is 3.56. The van der Waals surface area contributed by atoms with Crippen molar-refractivity contribution >= 4 is 5.91 Å². The molecule has 1 saturated heterocycles. The van der Waals surface area contributed by atoms with Gasteiger partial charge in [-0.2, -0.15) is 0 Å². The molecular weight excluding hydrogens is 374 g/mol. The maximum atomic E-state index is 12.7. The lowest BCUT2D eigenvalue weighted by atomic mass is 10.0. The van der Waals surface area contributed by atoms with Crippen molar-refractivity contribution in [3.63, 3.8) is 0 Å². The summed E-state index contributed by atoms with van der Waals surface area (Å²) in [4.78, 5) is 17.3. The Bertz CT molecular complexity index is 746. The molecular formula is C25H35N3O2. The Labute approximate surface area is 181 Å². The Morgan fingerprint density at radius 1 is 1.10 bits per heavy atom. The van der Waals surface area contributed by atoms with Crippen molar-refractivity contribution in [3.05, 3.63) is 66.2 Å². The number of nitrogens with zero attached hydrogens (tertiary/aromatic N) is 2. The molecule has 1 N–H and O–H groups in total. The third-order valence-electron chi connectivity index (χ3n) is 5.89. The van der Waals surface area contributed by atoms with E-state index in [4.69, 9.17) is 4.74 Å². The maximum absolute atomic E-state index is 12.7. The number of para-hydroxylation sites is 1. The number of nitrogens with one attached hydrogen (secondary N) is 1. The van der Waals surface area contributed by atoms with Crippen LogP contribution in [0.4, 0.5) is 0 Å². The number of likely N-dealkylation sites (N-methyl/N-ethyl adjacent to an activating group) is 1. The molecule has 0 spiro atoms. The summed E-state index contributed by atoms with van der Waals surface area (Å²) in [6.45, 7) is 6.52. The summed E-state index contributed by atoms with van der Waals surface area (Å²) < 4.78 is 5.74. The van der Waals surface area contributed by atoms with E-state index in [2.05, 4.69) is 45.4 Å². The molecule has 3 rings (SSSR count). The number of hydrogen-bond donors (Lipinski definition) is 1. The largest absolute Gasteiger partial charge is 0.494 e. The van der Waals surface area contributed by atoms with Crippen LogP contribution in [0, 0.1) is 0 Å². The molecule has 0 aromatic heterocycles. The van der Waals surface area contributed by atoms with Gasteiger partial charge in [0, 0.05) is 32.2 Å². The number of carbonyl (C=O) groups is 1. The van der Waals surface area contributed by atoms with Gasteiger partial charge in [-0.3, -0.25) is 14.6 Å². The van der Waals surface area contributed by atoms with E-state index >= 15 is 0 Å². The number of benzene rings is 2. The van der Waals surface area contributed by atoms with E-state index in [1.807, 2.05) is 44.3 Å². The fourth-order valence-corrected chi connectivity index (χ4v) is 3.81. The number of rotatable bonds is 10. The zero-order valence-electron chi connectivity index (χ0n) is 18.3. The van der Waals surface area contributed by atoms with Crippen molar-refractivity contribution in [1.82, 2.24) is 15.1 Å². The smallest absolute Gasteiger partial charge is 0.237 e. The number of carbonyl (C=O) groups excluding carboxylic acids is 1. The van der Waals surface area contributed by atoms with Gasteiger partial charge >= 0.3 is 0 Å². The normalized spacial score (nSPS) is 16.4. The molecule has 162 valence electrons. The molecule has 5 nitrogen and oxygen atoms in total. The van der Waals surface area contributed by atoms with E-state index in [0.29, 0.717) is 6.61 Å². The van der Waals surface area contributed by atoms with Gasteiger partial charge in [0.2, 0.25) is 5.91 Å². The number of amides is 1. The molecule has 1 aliphatic heterocycles. The summed E-state index contributed by atoms with van der Waals surface area (Å²) in [5.41, 5.74) is 1.35. The lowest BCUT2D eigenvalue weighted by Crippen LogP contribution is -2.50. The van der Waals surface area contributed by atoms with Crippen LogP contribution >= 0.6 is 0 Å². The number of hydrogen-bond acceptors (Lipinski definition) is 4. The molecule has 1 unspecified atom stereocenters.